The monoisotopic (exact) mass is 494 g/mol. The van der Waals surface area contributed by atoms with E-state index in [-0.39, 0.29) is 23.2 Å². The van der Waals surface area contributed by atoms with Gasteiger partial charge in [0.15, 0.2) is 15.7 Å². The van der Waals surface area contributed by atoms with Gasteiger partial charge in [-0.05, 0) is 54.4 Å². The van der Waals surface area contributed by atoms with Crippen molar-refractivity contribution in [2.45, 2.75) is 17.7 Å². The van der Waals surface area contributed by atoms with Crippen LogP contribution >= 0.6 is 0 Å². The average Bonchev–Trinajstić information content (AvgIpc) is 3.15. The lowest BCUT2D eigenvalue weighted by atomic mass is 9.98. The number of aromatic amines is 1. The van der Waals surface area contributed by atoms with Crippen LogP contribution in [0.2, 0.25) is 0 Å². The predicted octanol–water partition coefficient (Wildman–Crippen LogP) is 4.69. The van der Waals surface area contributed by atoms with Crippen molar-refractivity contribution in [1.29, 1.82) is 0 Å². The zero-order valence-electron chi connectivity index (χ0n) is 19.1. The summed E-state index contributed by atoms with van der Waals surface area (Å²) in [5.41, 5.74) is 3.26. The highest BCUT2D eigenvalue weighted by Crippen LogP contribution is 2.32. The lowest BCUT2D eigenvalue weighted by Gasteiger charge is -2.09. The first kappa shape index (κ1) is 24.2. The first-order chi connectivity index (χ1) is 16.7. The second kappa shape index (κ2) is 9.71. The average molecular weight is 495 g/mol. The standard InChI is InChI=1S/C26H23FN2O5S/c1-34-23(30)14-5-16-3-6-17(7-4-16)25(28-19-9-11-20(12-10-19)35(2,32)33)24-21-13-8-18(27)15-22(21)29-26(24)31/h3-4,6-13,15,29,31H,5,14H2,1-2H3. The summed E-state index contributed by atoms with van der Waals surface area (Å²) in [7, 11) is -2.02. The number of carbonyl (C=O) groups excluding carboxylic acids is 1. The molecule has 1 aromatic heterocycles. The smallest absolute Gasteiger partial charge is 0.305 e. The van der Waals surface area contributed by atoms with Crippen LogP contribution in [-0.4, -0.2) is 43.6 Å². The van der Waals surface area contributed by atoms with E-state index in [1.807, 2.05) is 24.3 Å². The van der Waals surface area contributed by atoms with Gasteiger partial charge in [-0.3, -0.25) is 4.79 Å². The molecule has 0 aliphatic rings. The van der Waals surface area contributed by atoms with Crippen LogP contribution in [0.5, 0.6) is 5.88 Å². The molecule has 0 fully saturated rings. The minimum Gasteiger partial charge on any atom is -0.494 e. The fourth-order valence-corrected chi connectivity index (χ4v) is 4.37. The summed E-state index contributed by atoms with van der Waals surface area (Å²) in [6.45, 7) is 0. The van der Waals surface area contributed by atoms with E-state index in [1.54, 1.807) is 18.2 Å². The Morgan fingerprint density at radius 3 is 2.37 bits per heavy atom. The van der Waals surface area contributed by atoms with Crippen LogP contribution < -0.4 is 0 Å². The third-order valence-corrected chi connectivity index (χ3v) is 6.68. The number of hydrogen-bond acceptors (Lipinski definition) is 6. The van der Waals surface area contributed by atoms with Gasteiger partial charge in [-0.2, -0.15) is 0 Å². The molecule has 0 amide bonds. The maximum atomic E-state index is 13.8. The number of aryl methyl sites for hydroxylation is 1. The van der Waals surface area contributed by atoms with Crippen molar-refractivity contribution in [3.05, 3.63) is 89.2 Å². The number of nitrogens with one attached hydrogen (secondary N) is 1. The van der Waals surface area contributed by atoms with E-state index in [2.05, 4.69) is 9.72 Å². The minimum atomic E-state index is -3.36. The normalized spacial score (nSPS) is 12.1. The summed E-state index contributed by atoms with van der Waals surface area (Å²) in [5, 5.41) is 11.3. The molecule has 0 aliphatic heterocycles. The van der Waals surface area contributed by atoms with Crippen LogP contribution in [0.1, 0.15) is 23.1 Å². The molecule has 0 spiro atoms. The Balaban J connectivity index is 1.81. The van der Waals surface area contributed by atoms with Crippen molar-refractivity contribution >= 4 is 38.1 Å². The topological polar surface area (TPSA) is 109 Å². The molecule has 4 aromatic rings. The highest BCUT2D eigenvalue weighted by molar-refractivity contribution is 7.90. The van der Waals surface area contributed by atoms with Gasteiger partial charge in [0.25, 0.3) is 0 Å². The molecule has 1 heterocycles. The predicted molar refractivity (Wildman–Crippen MR) is 132 cm³/mol. The first-order valence-electron chi connectivity index (χ1n) is 10.7. The Hall–Kier alpha value is -3.98. The van der Waals surface area contributed by atoms with Crippen LogP contribution in [0.3, 0.4) is 0 Å². The molecule has 2 N–H and O–H groups in total. The molecule has 4 rings (SSSR count). The van der Waals surface area contributed by atoms with E-state index in [0.717, 1.165) is 11.8 Å². The Labute approximate surface area is 201 Å². The number of ether oxygens (including phenoxy) is 1. The van der Waals surface area contributed by atoms with E-state index in [9.17, 15) is 22.7 Å². The van der Waals surface area contributed by atoms with Crippen molar-refractivity contribution in [3.8, 4) is 5.88 Å². The number of sulfone groups is 1. The fourth-order valence-electron chi connectivity index (χ4n) is 3.73. The van der Waals surface area contributed by atoms with Crippen LogP contribution in [0, 0.1) is 5.82 Å². The molecule has 7 nitrogen and oxygen atoms in total. The minimum absolute atomic E-state index is 0.165. The third-order valence-electron chi connectivity index (χ3n) is 5.56. The molecule has 0 saturated heterocycles. The van der Waals surface area contributed by atoms with Gasteiger partial charge in [-0.15, -0.1) is 0 Å². The van der Waals surface area contributed by atoms with Gasteiger partial charge in [0.05, 0.1) is 34.5 Å². The van der Waals surface area contributed by atoms with E-state index in [4.69, 9.17) is 4.99 Å². The summed E-state index contributed by atoms with van der Waals surface area (Å²) < 4.78 is 42.1. The van der Waals surface area contributed by atoms with E-state index < -0.39 is 15.7 Å². The number of methoxy groups -OCH3 is 1. The lowest BCUT2D eigenvalue weighted by molar-refractivity contribution is -0.140. The second-order valence-electron chi connectivity index (χ2n) is 8.04. The number of hydrogen-bond donors (Lipinski definition) is 2. The molecule has 9 heteroatoms. The van der Waals surface area contributed by atoms with Gasteiger partial charge in [0.2, 0.25) is 0 Å². The van der Waals surface area contributed by atoms with E-state index >= 15 is 0 Å². The summed E-state index contributed by atoms with van der Waals surface area (Å²) in [4.78, 5) is 19.1. The summed E-state index contributed by atoms with van der Waals surface area (Å²) in [5.74, 6) is -0.924. The molecule has 180 valence electrons. The molecule has 0 saturated carbocycles. The fraction of sp³-hybridized carbons (Fsp3) is 0.154. The highest BCUT2D eigenvalue weighted by atomic mass is 32.2. The van der Waals surface area contributed by atoms with Crippen LogP contribution in [0.15, 0.2) is 76.6 Å². The molecule has 35 heavy (non-hydrogen) atoms. The van der Waals surface area contributed by atoms with Gasteiger partial charge in [0, 0.05) is 23.6 Å². The van der Waals surface area contributed by atoms with Crippen molar-refractivity contribution in [2.24, 2.45) is 4.99 Å². The molecular weight excluding hydrogens is 471 g/mol. The number of nitrogens with zero attached hydrogens (tertiary/aromatic N) is 1. The number of carbonyl (C=O) groups is 1. The molecule has 0 atom stereocenters. The van der Waals surface area contributed by atoms with Crippen molar-refractivity contribution < 1.29 is 27.4 Å². The number of benzene rings is 3. The summed E-state index contributed by atoms with van der Waals surface area (Å²) >= 11 is 0. The van der Waals surface area contributed by atoms with Crippen LogP contribution in [-0.2, 0) is 25.8 Å². The van der Waals surface area contributed by atoms with Gasteiger partial charge < -0.3 is 14.8 Å². The molecule has 0 radical (unpaired) electrons. The van der Waals surface area contributed by atoms with Gasteiger partial charge in [-0.1, -0.05) is 24.3 Å². The number of aromatic nitrogens is 1. The van der Waals surface area contributed by atoms with E-state index in [0.29, 0.717) is 39.8 Å². The number of aromatic hydroxyl groups is 1. The van der Waals surface area contributed by atoms with E-state index in [1.165, 1.54) is 31.4 Å². The number of fused-ring (bicyclic) bond motifs is 1. The molecule has 0 bridgehead atoms. The Kier molecular flexibility index (Phi) is 6.70. The summed E-state index contributed by atoms with van der Waals surface area (Å²) in [6, 6.07) is 17.6. The Bertz CT molecular complexity index is 1520. The number of rotatable bonds is 7. The maximum Gasteiger partial charge on any atom is 0.305 e. The molecular formula is C26H23FN2O5S. The lowest BCUT2D eigenvalue weighted by Crippen LogP contribution is -2.05. The first-order valence-corrected chi connectivity index (χ1v) is 12.6. The zero-order valence-corrected chi connectivity index (χ0v) is 19.9. The van der Waals surface area contributed by atoms with Crippen LogP contribution in [0.4, 0.5) is 10.1 Å². The van der Waals surface area contributed by atoms with Gasteiger partial charge in [0.1, 0.15) is 5.82 Å². The quantitative estimate of drug-likeness (QED) is 0.286. The molecule has 0 unspecified atom stereocenters. The van der Waals surface area contributed by atoms with Crippen molar-refractivity contribution in [3.63, 3.8) is 0 Å². The SMILES string of the molecule is COC(=O)CCc1ccc(C(=Nc2ccc(S(C)(=O)=O)cc2)c2c(O)[nH]c3cc(F)ccc23)cc1. The maximum absolute atomic E-state index is 13.8. The summed E-state index contributed by atoms with van der Waals surface area (Å²) in [6.07, 6.45) is 1.88. The second-order valence-corrected chi connectivity index (χ2v) is 10.1. The highest BCUT2D eigenvalue weighted by Gasteiger charge is 2.19. The number of esters is 1. The van der Waals surface area contributed by atoms with Crippen molar-refractivity contribution in [1.82, 2.24) is 4.98 Å². The molecule has 3 aromatic carbocycles. The largest absolute Gasteiger partial charge is 0.494 e. The number of aliphatic imine (C=N–C) groups is 1. The zero-order chi connectivity index (χ0) is 25.2. The van der Waals surface area contributed by atoms with Gasteiger partial charge in [-0.25, -0.2) is 17.8 Å². The third kappa shape index (κ3) is 5.41. The van der Waals surface area contributed by atoms with Crippen molar-refractivity contribution in [2.75, 3.05) is 13.4 Å². The number of halogens is 1. The van der Waals surface area contributed by atoms with Gasteiger partial charge >= 0.3 is 5.97 Å². The van der Waals surface area contributed by atoms with Crippen LogP contribution in [0.25, 0.3) is 10.9 Å². The Morgan fingerprint density at radius 2 is 1.74 bits per heavy atom. The Morgan fingerprint density at radius 1 is 1.06 bits per heavy atom. The molecule has 0 aliphatic carbocycles. The number of H-pyrrole nitrogens is 1.